The molecule has 2 rings (SSSR count). The maximum absolute atomic E-state index is 12.5. The molecule has 126 valence electrons. The lowest BCUT2D eigenvalue weighted by Crippen LogP contribution is -2.52. The van der Waals surface area contributed by atoms with Gasteiger partial charge < -0.3 is 20.3 Å². The molecule has 0 unspecified atom stereocenters. The molecule has 0 aromatic heterocycles. The Hall–Kier alpha value is -2.24. The lowest BCUT2D eigenvalue weighted by molar-refractivity contribution is -0.126. The van der Waals surface area contributed by atoms with Crippen molar-refractivity contribution in [3.63, 3.8) is 0 Å². The van der Waals surface area contributed by atoms with E-state index in [4.69, 9.17) is 4.74 Å². The molecule has 1 aromatic carbocycles. The van der Waals surface area contributed by atoms with E-state index < -0.39 is 6.04 Å². The third-order valence-electron chi connectivity index (χ3n) is 3.66. The van der Waals surface area contributed by atoms with E-state index in [1.165, 1.54) is 0 Å². The molecule has 0 spiro atoms. The zero-order chi connectivity index (χ0) is 17.0. The maximum atomic E-state index is 12.5. The predicted octanol–water partition coefficient (Wildman–Crippen LogP) is 2.61. The van der Waals surface area contributed by atoms with Crippen LogP contribution in [0.25, 0.3) is 0 Å². The molecule has 0 bridgehead atoms. The summed E-state index contributed by atoms with van der Waals surface area (Å²) in [4.78, 5) is 26.4. The smallest absolute Gasteiger partial charge is 0.322 e. The minimum Gasteiger partial charge on any atom is -0.497 e. The second kappa shape index (κ2) is 6.89. The molecule has 0 radical (unpaired) electrons. The first kappa shape index (κ1) is 17.1. The molecule has 0 saturated carbocycles. The fourth-order valence-electron chi connectivity index (χ4n) is 2.60. The molecule has 23 heavy (non-hydrogen) atoms. The number of nitrogens with one attached hydrogen (secondary N) is 2. The van der Waals surface area contributed by atoms with Gasteiger partial charge in [0.15, 0.2) is 0 Å². The fraction of sp³-hybridized carbons (Fsp3) is 0.529. The fourth-order valence-corrected chi connectivity index (χ4v) is 2.60. The van der Waals surface area contributed by atoms with Gasteiger partial charge in [-0.15, -0.1) is 0 Å². The van der Waals surface area contributed by atoms with Gasteiger partial charge in [-0.05, 0) is 57.9 Å². The average Bonchev–Trinajstić information content (AvgIpc) is 2.96. The van der Waals surface area contributed by atoms with Crippen molar-refractivity contribution < 1.29 is 14.3 Å². The second-order valence-electron chi connectivity index (χ2n) is 6.75. The van der Waals surface area contributed by atoms with Crippen LogP contribution in [-0.4, -0.2) is 42.1 Å². The minimum atomic E-state index is -0.410. The first-order valence-electron chi connectivity index (χ1n) is 7.84. The van der Waals surface area contributed by atoms with Gasteiger partial charge in [0.25, 0.3) is 0 Å². The molecule has 3 amide bonds. The van der Waals surface area contributed by atoms with Gasteiger partial charge in [0, 0.05) is 17.8 Å². The van der Waals surface area contributed by atoms with Crippen LogP contribution in [0.3, 0.4) is 0 Å². The van der Waals surface area contributed by atoms with Crippen molar-refractivity contribution in [3.05, 3.63) is 24.3 Å². The number of benzene rings is 1. The minimum absolute atomic E-state index is 0.0973. The molecule has 1 heterocycles. The standard InChI is InChI=1S/C17H25N3O3/c1-17(2,3)19-15(21)14-6-5-11-20(14)16(22)18-12-7-9-13(23-4)10-8-12/h7-10,14H,5-6,11H2,1-4H3,(H,18,22)(H,19,21)/t14-/m0/s1. The molecule has 1 aliphatic heterocycles. The van der Waals surface area contributed by atoms with Crippen LogP contribution < -0.4 is 15.4 Å². The number of nitrogens with zero attached hydrogens (tertiary/aromatic N) is 1. The Morgan fingerprint density at radius 2 is 1.87 bits per heavy atom. The molecule has 0 aliphatic carbocycles. The van der Waals surface area contributed by atoms with Gasteiger partial charge in [0.1, 0.15) is 11.8 Å². The molecular formula is C17H25N3O3. The number of rotatable bonds is 3. The summed E-state index contributed by atoms with van der Waals surface area (Å²) in [6.45, 7) is 6.38. The summed E-state index contributed by atoms with van der Waals surface area (Å²) >= 11 is 0. The topological polar surface area (TPSA) is 70.7 Å². The Morgan fingerprint density at radius 1 is 1.22 bits per heavy atom. The molecule has 1 aliphatic rings. The zero-order valence-electron chi connectivity index (χ0n) is 14.2. The van der Waals surface area contributed by atoms with Gasteiger partial charge in [0.2, 0.25) is 5.91 Å². The van der Waals surface area contributed by atoms with E-state index in [1.807, 2.05) is 20.8 Å². The summed E-state index contributed by atoms with van der Waals surface area (Å²) in [5.41, 5.74) is 0.371. The van der Waals surface area contributed by atoms with Crippen LogP contribution in [0.5, 0.6) is 5.75 Å². The van der Waals surface area contributed by atoms with E-state index in [9.17, 15) is 9.59 Å². The Morgan fingerprint density at radius 3 is 2.43 bits per heavy atom. The Balaban J connectivity index is 2.00. The van der Waals surface area contributed by atoms with Gasteiger partial charge in [-0.25, -0.2) is 4.79 Å². The number of likely N-dealkylation sites (tertiary alicyclic amines) is 1. The number of amides is 3. The van der Waals surface area contributed by atoms with Crippen molar-refractivity contribution in [2.75, 3.05) is 19.0 Å². The molecule has 2 N–H and O–H groups in total. The van der Waals surface area contributed by atoms with Crippen LogP contribution >= 0.6 is 0 Å². The molecule has 1 atom stereocenters. The summed E-state index contributed by atoms with van der Waals surface area (Å²) < 4.78 is 5.09. The molecule has 1 fully saturated rings. The largest absolute Gasteiger partial charge is 0.497 e. The number of carbonyl (C=O) groups excluding carboxylic acids is 2. The van der Waals surface area contributed by atoms with E-state index in [-0.39, 0.29) is 17.5 Å². The first-order valence-corrected chi connectivity index (χ1v) is 7.84. The summed E-state index contributed by atoms with van der Waals surface area (Å²) in [7, 11) is 1.59. The van der Waals surface area contributed by atoms with E-state index >= 15 is 0 Å². The molecule has 1 saturated heterocycles. The summed E-state index contributed by atoms with van der Waals surface area (Å²) in [5, 5.41) is 5.78. The highest BCUT2D eigenvalue weighted by Crippen LogP contribution is 2.21. The number of hydrogen-bond acceptors (Lipinski definition) is 3. The van der Waals surface area contributed by atoms with Gasteiger partial charge >= 0.3 is 6.03 Å². The number of methoxy groups -OCH3 is 1. The Kier molecular flexibility index (Phi) is 5.13. The number of ether oxygens (including phenoxy) is 1. The van der Waals surface area contributed by atoms with Crippen LogP contribution in [0.4, 0.5) is 10.5 Å². The van der Waals surface area contributed by atoms with Crippen LogP contribution in [0.1, 0.15) is 33.6 Å². The van der Waals surface area contributed by atoms with Gasteiger partial charge in [-0.1, -0.05) is 0 Å². The predicted molar refractivity (Wildman–Crippen MR) is 89.6 cm³/mol. The normalized spacial score (nSPS) is 17.7. The second-order valence-corrected chi connectivity index (χ2v) is 6.75. The summed E-state index contributed by atoms with van der Waals surface area (Å²) in [5.74, 6) is 0.631. The van der Waals surface area contributed by atoms with Crippen LogP contribution in [0, 0.1) is 0 Å². The van der Waals surface area contributed by atoms with Crippen molar-refractivity contribution in [1.29, 1.82) is 0 Å². The van der Waals surface area contributed by atoms with E-state index in [0.29, 0.717) is 18.7 Å². The summed E-state index contributed by atoms with van der Waals surface area (Å²) in [6, 6.07) is 6.45. The van der Waals surface area contributed by atoms with Gasteiger partial charge in [-0.2, -0.15) is 0 Å². The van der Waals surface area contributed by atoms with Crippen molar-refractivity contribution in [2.24, 2.45) is 0 Å². The SMILES string of the molecule is COc1ccc(NC(=O)N2CCC[C@H]2C(=O)NC(C)(C)C)cc1. The van der Waals surface area contributed by atoms with Crippen LogP contribution in [-0.2, 0) is 4.79 Å². The molecule has 1 aromatic rings. The Labute approximate surface area is 137 Å². The van der Waals surface area contributed by atoms with Gasteiger partial charge in [0.05, 0.1) is 7.11 Å². The number of urea groups is 1. The van der Waals surface area contributed by atoms with Crippen molar-refractivity contribution in [2.45, 2.75) is 45.2 Å². The van der Waals surface area contributed by atoms with E-state index in [1.54, 1.807) is 36.3 Å². The highest BCUT2D eigenvalue weighted by atomic mass is 16.5. The van der Waals surface area contributed by atoms with Crippen molar-refractivity contribution >= 4 is 17.6 Å². The highest BCUT2D eigenvalue weighted by Gasteiger charge is 2.35. The zero-order valence-corrected chi connectivity index (χ0v) is 14.2. The number of carbonyl (C=O) groups is 2. The third kappa shape index (κ3) is 4.61. The van der Waals surface area contributed by atoms with Crippen LogP contribution in [0.2, 0.25) is 0 Å². The highest BCUT2D eigenvalue weighted by molar-refractivity contribution is 5.94. The lowest BCUT2D eigenvalue weighted by Gasteiger charge is -2.28. The van der Waals surface area contributed by atoms with Crippen molar-refractivity contribution in [1.82, 2.24) is 10.2 Å². The first-order chi connectivity index (χ1) is 10.8. The van der Waals surface area contributed by atoms with Crippen molar-refractivity contribution in [3.8, 4) is 5.75 Å². The maximum Gasteiger partial charge on any atom is 0.322 e. The molecule has 6 heteroatoms. The van der Waals surface area contributed by atoms with E-state index in [2.05, 4.69) is 10.6 Å². The Bertz CT molecular complexity index is 563. The average molecular weight is 319 g/mol. The quantitative estimate of drug-likeness (QED) is 0.899. The number of hydrogen-bond donors (Lipinski definition) is 2. The van der Waals surface area contributed by atoms with E-state index in [0.717, 1.165) is 12.2 Å². The molecular weight excluding hydrogens is 294 g/mol. The molecule has 6 nitrogen and oxygen atoms in total. The lowest BCUT2D eigenvalue weighted by atomic mass is 10.1. The number of anilines is 1. The summed E-state index contributed by atoms with van der Waals surface area (Å²) in [6.07, 6.45) is 1.52. The monoisotopic (exact) mass is 319 g/mol. The van der Waals surface area contributed by atoms with Crippen LogP contribution in [0.15, 0.2) is 24.3 Å². The third-order valence-corrected chi connectivity index (χ3v) is 3.66. The van der Waals surface area contributed by atoms with Gasteiger partial charge in [-0.3, -0.25) is 4.79 Å².